The third-order valence-electron chi connectivity index (χ3n) is 4.28. The zero-order valence-electron chi connectivity index (χ0n) is 13.3. The number of hydrogen-bond acceptors (Lipinski definition) is 4. The van der Waals surface area contributed by atoms with E-state index in [2.05, 4.69) is 9.88 Å². The van der Waals surface area contributed by atoms with Crippen molar-refractivity contribution in [2.75, 3.05) is 31.1 Å². The molecule has 3 aromatic rings. The van der Waals surface area contributed by atoms with Crippen LogP contribution in [0, 0.1) is 5.82 Å². The standard InChI is InChI=1S/C18H15ClFN3OS/c19-14-4-2-1-3-13(14)17(24)22-7-9-23(10-8-22)18-21-15-6-5-12(20)11-16(15)25-18/h1-6,11H,7-10H2. The van der Waals surface area contributed by atoms with Gasteiger partial charge in [0.1, 0.15) is 5.82 Å². The Morgan fingerprint density at radius 3 is 2.64 bits per heavy atom. The zero-order chi connectivity index (χ0) is 17.4. The number of anilines is 1. The highest BCUT2D eigenvalue weighted by molar-refractivity contribution is 7.22. The van der Waals surface area contributed by atoms with Crippen LogP contribution in [0.3, 0.4) is 0 Å². The highest BCUT2D eigenvalue weighted by atomic mass is 35.5. The minimum absolute atomic E-state index is 0.0448. The molecule has 0 bridgehead atoms. The van der Waals surface area contributed by atoms with Gasteiger partial charge >= 0.3 is 0 Å². The van der Waals surface area contributed by atoms with Gasteiger partial charge in [-0.2, -0.15) is 0 Å². The molecule has 1 aliphatic heterocycles. The van der Waals surface area contributed by atoms with Gasteiger partial charge in [-0.05, 0) is 30.3 Å². The van der Waals surface area contributed by atoms with E-state index in [-0.39, 0.29) is 11.7 Å². The summed E-state index contributed by atoms with van der Waals surface area (Å²) in [4.78, 5) is 21.1. The first-order chi connectivity index (χ1) is 12.1. The summed E-state index contributed by atoms with van der Waals surface area (Å²) >= 11 is 7.60. The molecule has 1 amide bonds. The Morgan fingerprint density at radius 1 is 1.12 bits per heavy atom. The number of halogens is 2. The summed E-state index contributed by atoms with van der Waals surface area (Å²) in [5.74, 6) is -0.297. The first-order valence-corrected chi connectivity index (χ1v) is 9.16. The fourth-order valence-corrected chi connectivity index (χ4v) is 4.19. The Balaban J connectivity index is 1.47. The molecule has 0 radical (unpaired) electrons. The molecule has 0 atom stereocenters. The average molecular weight is 376 g/mol. The second-order valence-corrected chi connectivity index (χ2v) is 7.28. The molecule has 4 rings (SSSR count). The first-order valence-electron chi connectivity index (χ1n) is 7.97. The number of hydrogen-bond donors (Lipinski definition) is 0. The maximum absolute atomic E-state index is 13.3. The maximum Gasteiger partial charge on any atom is 0.255 e. The van der Waals surface area contributed by atoms with Gasteiger partial charge in [-0.15, -0.1) is 0 Å². The number of fused-ring (bicyclic) bond motifs is 1. The lowest BCUT2D eigenvalue weighted by molar-refractivity contribution is 0.0747. The van der Waals surface area contributed by atoms with Gasteiger partial charge in [0.15, 0.2) is 5.13 Å². The van der Waals surface area contributed by atoms with Crippen molar-refractivity contribution in [1.29, 1.82) is 0 Å². The topological polar surface area (TPSA) is 36.4 Å². The molecule has 0 unspecified atom stereocenters. The second kappa shape index (κ2) is 6.61. The van der Waals surface area contributed by atoms with Gasteiger partial charge in [0.25, 0.3) is 5.91 Å². The van der Waals surface area contributed by atoms with E-state index >= 15 is 0 Å². The number of thiazole rings is 1. The van der Waals surface area contributed by atoms with E-state index in [0.29, 0.717) is 36.8 Å². The van der Waals surface area contributed by atoms with E-state index in [0.717, 1.165) is 15.3 Å². The van der Waals surface area contributed by atoms with Crippen LogP contribution in [-0.4, -0.2) is 42.0 Å². The highest BCUT2D eigenvalue weighted by Crippen LogP contribution is 2.30. The largest absolute Gasteiger partial charge is 0.345 e. The van der Waals surface area contributed by atoms with Crippen molar-refractivity contribution >= 4 is 44.2 Å². The van der Waals surface area contributed by atoms with Crippen molar-refractivity contribution < 1.29 is 9.18 Å². The summed E-state index contributed by atoms with van der Waals surface area (Å²) in [7, 11) is 0. The van der Waals surface area contributed by atoms with E-state index in [1.807, 2.05) is 17.0 Å². The van der Waals surface area contributed by atoms with Gasteiger partial charge in [0.05, 0.1) is 20.8 Å². The number of benzene rings is 2. The van der Waals surface area contributed by atoms with Crippen molar-refractivity contribution in [2.45, 2.75) is 0 Å². The van der Waals surface area contributed by atoms with Crippen LogP contribution in [0.1, 0.15) is 10.4 Å². The number of aromatic nitrogens is 1. The molecule has 25 heavy (non-hydrogen) atoms. The molecule has 1 aliphatic rings. The van der Waals surface area contributed by atoms with E-state index in [9.17, 15) is 9.18 Å². The van der Waals surface area contributed by atoms with Crippen molar-refractivity contribution in [3.8, 4) is 0 Å². The van der Waals surface area contributed by atoms with Crippen LogP contribution >= 0.6 is 22.9 Å². The monoisotopic (exact) mass is 375 g/mol. The van der Waals surface area contributed by atoms with Crippen molar-refractivity contribution in [1.82, 2.24) is 9.88 Å². The lowest BCUT2D eigenvalue weighted by Gasteiger charge is -2.34. The number of nitrogens with zero attached hydrogens (tertiary/aromatic N) is 3. The van der Waals surface area contributed by atoms with Crippen LogP contribution in [0.15, 0.2) is 42.5 Å². The Labute approximate surface area is 153 Å². The van der Waals surface area contributed by atoms with E-state index in [4.69, 9.17) is 11.6 Å². The Bertz CT molecular complexity index is 937. The average Bonchev–Trinajstić information content (AvgIpc) is 3.05. The van der Waals surface area contributed by atoms with E-state index in [1.165, 1.54) is 23.5 Å². The summed E-state index contributed by atoms with van der Waals surface area (Å²) in [5.41, 5.74) is 1.34. The second-order valence-electron chi connectivity index (χ2n) is 5.87. The van der Waals surface area contributed by atoms with Gasteiger partial charge < -0.3 is 9.80 Å². The predicted octanol–water partition coefficient (Wildman–Crippen LogP) is 4.05. The Morgan fingerprint density at radius 2 is 1.88 bits per heavy atom. The fraction of sp³-hybridized carbons (Fsp3) is 0.222. The molecule has 1 saturated heterocycles. The molecule has 0 aliphatic carbocycles. The van der Waals surface area contributed by atoms with Crippen LogP contribution in [0.2, 0.25) is 5.02 Å². The molecule has 1 fully saturated rings. The highest BCUT2D eigenvalue weighted by Gasteiger charge is 2.25. The SMILES string of the molecule is O=C(c1ccccc1Cl)N1CCN(c2nc3ccc(F)cc3s2)CC1. The number of amides is 1. The van der Waals surface area contributed by atoms with Crippen LogP contribution in [-0.2, 0) is 0 Å². The predicted molar refractivity (Wildman–Crippen MR) is 99.1 cm³/mol. The van der Waals surface area contributed by atoms with Gasteiger partial charge in [0, 0.05) is 26.2 Å². The Kier molecular flexibility index (Phi) is 4.31. The fourth-order valence-electron chi connectivity index (χ4n) is 2.93. The summed E-state index contributed by atoms with van der Waals surface area (Å²) < 4.78 is 14.2. The van der Waals surface area contributed by atoms with Crippen LogP contribution in [0.5, 0.6) is 0 Å². The zero-order valence-corrected chi connectivity index (χ0v) is 14.9. The lowest BCUT2D eigenvalue weighted by atomic mass is 10.2. The summed E-state index contributed by atoms with van der Waals surface area (Å²) in [6, 6.07) is 11.7. The molecule has 2 aromatic carbocycles. The van der Waals surface area contributed by atoms with Gasteiger partial charge in [0.2, 0.25) is 0 Å². The lowest BCUT2D eigenvalue weighted by Crippen LogP contribution is -2.48. The van der Waals surface area contributed by atoms with Crippen LogP contribution in [0.25, 0.3) is 10.2 Å². The van der Waals surface area contributed by atoms with Crippen LogP contribution < -0.4 is 4.90 Å². The maximum atomic E-state index is 13.3. The van der Waals surface area contributed by atoms with E-state index < -0.39 is 0 Å². The number of piperazine rings is 1. The quantitative estimate of drug-likeness (QED) is 0.678. The molecule has 4 nitrogen and oxygen atoms in total. The smallest absolute Gasteiger partial charge is 0.255 e. The van der Waals surface area contributed by atoms with E-state index in [1.54, 1.807) is 18.2 Å². The molecule has 128 valence electrons. The number of carbonyl (C=O) groups excluding carboxylic acids is 1. The third kappa shape index (κ3) is 3.19. The molecule has 0 N–H and O–H groups in total. The minimum atomic E-state index is -0.252. The molecule has 0 spiro atoms. The molecule has 2 heterocycles. The van der Waals surface area contributed by atoms with Crippen molar-refractivity contribution in [3.63, 3.8) is 0 Å². The van der Waals surface area contributed by atoms with Crippen LogP contribution in [0.4, 0.5) is 9.52 Å². The molecule has 1 aromatic heterocycles. The number of carbonyl (C=O) groups is 1. The summed E-state index contributed by atoms with van der Waals surface area (Å²) in [5, 5.41) is 1.34. The number of rotatable bonds is 2. The van der Waals surface area contributed by atoms with Crippen molar-refractivity contribution in [2.24, 2.45) is 0 Å². The molecular formula is C18H15ClFN3OS. The normalized spacial score (nSPS) is 15.0. The molecule has 7 heteroatoms. The summed E-state index contributed by atoms with van der Waals surface area (Å²) in [6.45, 7) is 2.60. The summed E-state index contributed by atoms with van der Waals surface area (Å²) in [6.07, 6.45) is 0. The van der Waals surface area contributed by atoms with Crippen molar-refractivity contribution in [3.05, 3.63) is 58.9 Å². The molecular weight excluding hydrogens is 361 g/mol. The van der Waals surface area contributed by atoms with Gasteiger partial charge in [-0.3, -0.25) is 4.79 Å². The van der Waals surface area contributed by atoms with Gasteiger partial charge in [-0.1, -0.05) is 35.1 Å². The minimum Gasteiger partial charge on any atom is -0.345 e. The third-order valence-corrected chi connectivity index (χ3v) is 5.69. The van der Waals surface area contributed by atoms with Gasteiger partial charge in [-0.25, -0.2) is 9.37 Å². The molecule has 0 saturated carbocycles. The Hall–Kier alpha value is -2.18. The first kappa shape index (κ1) is 16.3.